The Morgan fingerprint density at radius 1 is 1.02 bits per heavy atom. The monoisotopic (exact) mass is 606 g/mol. The highest BCUT2D eigenvalue weighted by atomic mass is 35.5. The Morgan fingerprint density at radius 2 is 1.74 bits per heavy atom. The second-order valence-electron chi connectivity index (χ2n) is 9.10. The van der Waals surface area contributed by atoms with Crippen molar-refractivity contribution in [2.24, 2.45) is 4.99 Å². The van der Waals surface area contributed by atoms with Gasteiger partial charge in [-0.25, -0.2) is 9.79 Å². The van der Waals surface area contributed by atoms with E-state index in [0.717, 1.165) is 11.3 Å². The number of ether oxygens (including phenoxy) is 4. The Balaban J connectivity index is 1.84. The molecule has 0 fully saturated rings. The van der Waals surface area contributed by atoms with Crippen molar-refractivity contribution in [3.05, 3.63) is 108 Å². The molecule has 0 radical (unpaired) electrons. The van der Waals surface area contributed by atoms with Crippen LogP contribution in [0.25, 0.3) is 11.8 Å². The molecule has 4 aromatic rings. The van der Waals surface area contributed by atoms with Gasteiger partial charge in [-0.15, -0.1) is 0 Å². The summed E-state index contributed by atoms with van der Waals surface area (Å²) < 4.78 is 23.5. The van der Waals surface area contributed by atoms with Crippen LogP contribution in [0.2, 0.25) is 5.02 Å². The summed E-state index contributed by atoms with van der Waals surface area (Å²) in [6.45, 7) is 1.86. The molecular weight excluding hydrogens is 580 g/mol. The van der Waals surface area contributed by atoms with Crippen molar-refractivity contribution in [2.75, 3.05) is 27.9 Å². The summed E-state index contributed by atoms with van der Waals surface area (Å²) in [6.07, 6.45) is 1.64. The predicted molar refractivity (Wildman–Crippen MR) is 160 cm³/mol. The molecule has 42 heavy (non-hydrogen) atoms. The first-order valence-corrected chi connectivity index (χ1v) is 14.1. The molecule has 0 saturated carbocycles. The van der Waals surface area contributed by atoms with Gasteiger partial charge in [0.05, 0.1) is 54.8 Å². The Bertz CT molecular complexity index is 1880. The molecule has 9 nitrogen and oxygen atoms in total. The number of methoxy groups -OCH3 is 3. The van der Waals surface area contributed by atoms with Crippen LogP contribution in [0, 0.1) is 0 Å². The molecule has 1 atom stereocenters. The van der Waals surface area contributed by atoms with Crippen molar-refractivity contribution in [3.8, 4) is 23.0 Å². The number of nitrogens with zero attached hydrogens (tertiary/aromatic N) is 2. The fraction of sp³-hybridized carbons (Fsp3) is 0.194. The molecule has 0 amide bonds. The predicted octanol–water partition coefficient (Wildman–Crippen LogP) is 4.32. The Hall–Kier alpha value is -4.54. The lowest BCUT2D eigenvalue weighted by molar-refractivity contribution is -0.138. The van der Waals surface area contributed by atoms with Gasteiger partial charge in [-0.05, 0) is 48.4 Å². The minimum Gasteiger partial charge on any atom is -0.503 e. The summed E-state index contributed by atoms with van der Waals surface area (Å²) >= 11 is 7.36. The molecule has 0 spiro atoms. The van der Waals surface area contributed by atoms with E-state index in [1.165, 1.54) is 32.0 Å². The van der Waals surface area contributed by atoms with Crippen LogP contribution in [-0.4, -0.2) is 43.6 Å². The molecule has 0 bridgehead atoms. The second kappa shape index (κ2) is 12.1. The minimum atomic E-state index is -0.893. The molecule has 1 aromatic heterocycles. The number of esters is 1. The highest BCUT2D eigenvalue weighted by molar-refractivity contribution is 7.07. The number of aromatic hydroxyl groups is 1. The zero-order valence-corrected chi connectivity index (χ0v) is 24.8. The first-order valence-electron chi connectivity index (χ1n) is 12.9. The molecular formula is C31H27ClN2O7S. The van der Waals surface area contributed by atoms with Crippen molar-refractivity contribution in [3.63, 3.8) is 0 Å². The molecule has 1 aliphatic heterocycles. The third kappa shape index (κ3) is 5.26. The summed E-state index contributed by atoms with van der Waals surface area (Å²) in [6, 6.07) is 16.7. The van der Waals surface area contributed by atoms with Gasteiger partial charge in [-0.3, -0.25) is 9.36 Å². The van der Waals surface area contributed by atoms with Crippen molar-refractivity contribution < 1.29 is 28.8 Å². The van der Waals surface area contributed by atoms with Crippen molar-refractivity contribution in [1.29, 1.82) is 0 Å². The number of fused-ring (bicyclic) bond motifs is 1. The van der Waals surface area contributed by atoms with E-state index in [9.17, 15) is 14.7 Å². The SMILES string of the molecule is CCOC(=O)C1=C(c2ccccc2)N=c2s/c(=C\c3cc(Cl)c(O)c(OC)c3)c(=O)n2[C@@H]1c1ccc(OC)c(OC)c1. The minimum absolute atomic E-state index is 0.0764. The van der Waals surface area contributed by atoms with Crippen LogP contribution in [0.3, 0.4) is 0 Å². The first kappa shape index (κ1) is 29.0. The quantitative estimate of drug-likeness (QED) is 0.298. The highest BCUT2D eigenvalue weighted by Crippen LogP contribution is 2.39. The van der Waals surface area contributed by atoms with Crippen molar-refractivity contribution >= 4 is 40.7 Å². The molecule has 11 heteroatoms. The number of rotatable bonds is 8. The van der Waals surface area contributed by atoms with Crippen molar-refractivity contribution in [2.45, 2.75) is 13.0 Å². The average Bonchev–Trinajstić information content (AvgIpc) is 3.32. The number of benzene rings is 3. The van der Waals surface area contributed by atoms with E-state index in [0.29, 0.717) is 43.2 Å². The maximum absolute atomic E-state index is 14.1. The van der Waals surface area contributed by atoms with Crippen LogP contribution in [0.5, 0.6) is 23.0 Å². The van der Waals surface area contributed by atoms with E-state index in [1.54, 1.807) is 37.3 Å². The van der Waals surface area contributed by atoms with Gasteiger partial charge in [-0.2, -0.15) is 0 Å². The van der Waals surface area contributed by atoms with E-state index < -0.39 is 12.0 Å². The zero-order chi connectivity index (χ0) is 30.0. The Kier molecular flexibility index (Phi) is 8.37. The molecule has 216 valence electrons. The topological polar surface area (TPSA) is 109 Å². The van der Waals surface area contributed by atoms with E-state index >= 15 is 0 Å². The molecule has 0 unspecified atom stereocenters. The number of carbonyl (C=O) groups is 1. The van der Waals surface area contributed by atoms with Gasteiger partial charge in [0.15, 0.2) is 27.8 Å². The maximum atomic E-state index is 14.1. The molecule has 5 rings (SSSR count). The summed E-state index contributed by atoms with van der Waals surface area (Å²) in [5, 5.41) is 10.2. The van der Waals surface area contributed by atoms with E-state index in [1.807, 2.05) is 30.3 Å². The highest BCUT2D eigenvalue weighted by Gasteiger charge is 2.35. The molecule has 1 aliphatic rings. The molecule has 0 saturated heterocycles. The van der Waals surface area contributed by atoms with E-state index in [2.05, 4.69) is 0 Å². The fourth-order valence-corrected chi connectivity index (χ4v) is 5.98. The second-order valence-corrected chi connectivity index (χ2v) is 10.5. The van der Waals surface area contributed by atoms with Gasteiger partial charge in [0.1, 0.15) is 0 Å². The van der Waals surface area contributed by atoms with Gasteiger partial charge >= 0.3 is 5.97 Å². The molecule has 2 heterocycles. The van der Waals surface area contributed by atoms with Crippen LogP contribution in [0.15, 0.2) is 76.0 Å². The number of aromatic nitrogens is 1. The van der Waals surface area contributed by atoms with Gasteiger partial charge in [0.2, 0.25) is 0 Å². The lowest BCUT2D eigenvalue weighted by Gasteiger charge is -2.26. The molecule has 1 N–H and O–H groups in total. The summed E-state index contributed by atoms with van der Waals surface area (Å²) in [5.41, 5.74) is 2.06. The summed E-state index contributed by atoms with van der Waals surface area (Å²) in [4.78, 5) is 32.9. The Labute approximate surface area is 250 Å². The third-order valence-corrected chi connectivity index (χ3v) is 7.94. The van der Waals surface area contributed by atoms with Crippen LogP contribution >= 0.6 is 22.9 Å². The van der Waals surface area contributed by atoms with Crippen molar-refractivity contribution in [1.82, 2.24) is 4.57 Å². The lowest BCUT2D eigenvalue weighted by Crippen LogP contribution is -2.40. The number of hydrogen-bond acceptors (Lipinski definition) is 9. The number of hydrogen-bond donors (Lipinski definition) is 1. The summed E-state index contributed by atoms with van der Waals surface area (Å²) in [5.74, 6) is 0.309. The normalized spacial score (nSPS) is 14.7. The van der Waals surface area contributed by atoms with E-state index in [4.69, 9.17) is 35.5 Å². The standard InChI is InChI=1S/C31H27ClN2O7S/c1-5-41-30(37)25-26(18-9-7-6-8-10-18)33-31-34(27(25)19-11-12-21(38-2)22(16-19)39-3)29(36)24(42-31)15-17-13-20(32)28(35)23(14-17)40-4/h6-16,27,35H,5H2,1-4H3/b24-15-/t27-/m1/s1. The van der Waals surface area contributed by atoms with Gasteiger partial charge < -0.3 is 24.1 Å². The average molecular weight is 607 g/mol. The number of phenolic OH excluding ortho intramolecular Hbond substituents is 1. The number of thiazole rings is 1. The van der Waals surface area contributed by atoms with Gasteiger partial charge in [0, 0.05) is 5.56 Å². The van der Waals surface area contributed by atoms with Gasteiger partial charge in [0.25, 0.3) is 5.56 Å². The first-order chi connectivity index (χ1) is 20.3. The van der Waals surface area contributed by atoms with Gasteiger partial charge in [-0.1, -0.05) is 59.3 Å². The smallest absolute Gasteiger partial charge is 0.338 e. The van der Waals surface area contributed by atoms with Crippen LogP contribution in [0.4, 0.5) is 0 Å². The van der Waals surface area contributed by atoms with E-state index in [-0.39, 0.29) is 34.3 Å². The number of carbonyl (C=O) groups excluding carboxylic acids is 1. The largest absolute Gasteiger partial charge is 0.503 e. The number of phenols is 1. The Morgan fingerprint density at radius 3 is 2.40 bits per heavy atom. The lowest BCUT2D eigenvalue weighted by atomic mass is 9.93. The van der Waals surface area contributed by atoms with Crippen LogP contribution in [-0.2, 0) is 9.53 Å². The maximum Gasteiger partial charge on any atom is 0.338 e. The zero-order valence-electron chi connectivity index (χ0n) is 23.2. The third-order valence-electron chi connectivity index (χ3n) is 6.67. The van der Waals surface area contributed by atoms with Crippen LogP contribution < -0.4 is 29.1 Å². The summed E-state index contributed by atoms with van der Waals surface area (Å²) in [7, 11) is 4.46. The number of halogens is 1. The van der Waals surface area contributed by atoms with Crippen LogP contribution in [0.1, 0.15) is 29.7 Å². The molecule has 3 aromatic carbocycles. The molecule has 0 aliphatic carbocycles. The fourth-order valence-electron chi connectivity index (χ4n) is 4.76.